The Labute approximate surface area is 129 Å². The summed E-state index contributed by atoms with van der Waals surface area (Å²) >= 11 is 0. The monoisotopic (exact) mass is 310 g/mol. The lowest BCUT2D eigenvalue weighted by Gasteiger charge is -2.21. The Bertz CT molecular complexity index is 483. The highest BCUT2D eigenvalue weighted by molar-refractivity contribution is 6.35. The van der Waals surface area contributed by atoms with Crippen LogP contribution in [0.5, 0.6) is 5.75 Å². The molecule has 0 aliphatic rings. The first-order valence-corrected chi connectivity index (χ1v) is 6.99. The highest BCUT2D eigenvalue weighted by Crippen LogP contribution is 2.17. The lowest BCUT2D eigenvalue weighted by atomic mass is 10.1. The third kappa shape index (κ3) is 5.01. The number of aliphatic hydroxyl groups excluding tert-OH is 2. The summed E-state index contributed by atoms with van der Waals surface area (Å²) in [6.45, 7) is 1.23. The molecule has 0 heterocycles. The van der Waals surface area contributed by atoms with Gasteiger partial charge in [0.1, 0.15) is 5.75 Å². The van der Waals surface area contributed by atoms with Crippen molar-refractivity contribution in [2.24, 2.45) is 0 Å². The van der Waals surface area contributed by atoms with Gasteiger partial charge in [-0.15, -0.1) is 0 Å². The van der Waals surface area contributed by atoms with E-state index in [0.29, 0.717) is 5.75 Å². The molecule has 0 saturated heterocycles. The predicted molar refractivity (Wildman–Crippen MR) is 80.3 cm³/mol. The quantitative estimate of drug-likeness (QED) is 0.600. The van der Waals surface area contributed by atoms with Crippen LogP contribution in [0.4, 0.5) is 0 Å². The normalized spacial score (nSPS) is 11.6. The number of rotatable bonds is 7. The van der Waals surface area contributed by atoms with E-state index in [9.17, 15) is 9.59 Å². The fourth-order valence-electron chi connectivity index (χ4n) is 1.93. The Hall–Kier alpha value is -2.12. The van der Waals surface area contributed by atoms with Crippen LogP contribution in [0.15, 0.2) is 24.3 Å². The Kier molecular flexibility index (Phi) is 7.34. The van der Waals surface area contributed by atoms with Gasteiger partial charge >= 0.3 is 11.8 Å². The van der Waals surface area contributed by atoms with Crippen LogP contribution in [0.1, 0.15) is 18.5 Å². The zero-order valence-electron chi connectivity index (χ0n) is 12.8. The second kappa shape index (κ2) is 9.01. The summed E-state index contributed by atoms with van der Waals surface area (Å²) < 4.78 is 5.06. The van der Waals surface area contributed by atoms with E-state index >= 15 is 0 Å². The molecule has 22 heavy (non-hydrogen) atoms. The van der Waals surface area contributed by atoms with Crippen LogP contribution >= 0.6 is 0 Å². The Balaban J connectivity index is 2.66. The number of hydrogen-bond acceptors (Lipinski definition) is 5. The maximum Gasteiger partial charge on any atom is 0.312 e. The van der Waals surface area contributed by atoms with E-state index in [-0.39, 0.29) is 32.3 Å². The number of hydrogen-bond donors (Lipinski definition) is 3. The number of carbonyl (C=O) groups excluding carboxylic acids is 2. The van der Waals surface area contributed by atoms with E-state index in [2.05, 4.69) is 5.32 Å². The molecular weight excluding hydrogens is 288 g/mol. The highest BCUT2D eigenvalue weighted by atomic mass is 16.5. The summed E-state index contributed by atoms with van der Waals surface area (Å²) in [7, 11) is 1.57. The van der Waals surface area contributed by atoms with Crippen molar-refractivity contribution in [1.82, 2.24) is 10.2 Å². The first-order valence-electron chi connectivity index (χ1n) is 6.99. The van der Waals surface area contributed by atoms with Gasteiger partial charge in [0, 0.05) is 13.1 Å². The second-order valence-corrected chi connectivity index (χ2v) is 4.71. The van der Waals surface area contributed by atoms with Gasteiger partial charge in [-0.3, -0.25) is 9.59 Å². The van der Waals surface area contributed by atoms with Crippen LogP contribution in [0.25, 0.3) is 0 Å². The number of aliphatic hydroxyl groups is 2. The van der Waals surface area contributed by atoms with Gasteiger partial charge in [0.25, 0.3) is 0 Å². The summed E-state index contributed by atoms with van der Waals surface area (Å²) in [6, 6.07) is 6.78. The molecule has 7 nitrogen and oxygen atoms in total. The number of benzene rings is 1. The molecule has 0 saturated carbocycles. The Morgan fingerprint density at radius 3 is 2.18 bits per heavy atom. The molecule has 0 aliphatic heterocycles. The van der Waals surface area contributed by atoms with E-state index in [4.69, 9.17) is 14.9 Å². The number of nitrogens with zero attached hydrogens (tertiary/aromatic N) is 1. The van der Waals surface area contributed by atoms with Crippen molar-refractivity contribution < 1.29 is 24.5 Å². The smallest absolute Gasteiger partial charge is 0.312 e. The number of nitrogens with one attached hydrogen (secondary N) is 1. The van der Waals surface area contributed by atoms with Gasteiger partial charge in [-0.05, 0) is 24.6 Å². The molecule has 2 amide bonds. The Morgan fingerprint density at radius 2 is 1.73 bits per heavy atom. The third-order valence-electron chi connectivity index (χ3n) is 3.18. The molecule has 0 bridgehead atoms. The number of ether oxygens (including phenoxy) is 1. The average Bonchev–Trinajstić information content (AvgIpc) is 2.53. The molecule has 3 N–H and O–H groups in total. The second-order valence-electron chi connectivity index (χ2n) is 4.71. The molecule has 122 valence electrons. The summed E-state index contributed by atoms with van der Waals surface area (Å²) in [4.78, 5) is 25.0. The highest BCUT2D eigenvalue weighted by Gasteiger charge is 2.22. The summed E-state index contributed by atoms with van der Waals surface area (Å²) in [5, 5.41) is 20.4. The largest absolute Gasteiger partial charge is 0.497 e. The van der Waals surface area contributed by atoms with Crippen molar-refractivity contribution in [3.8, 4) is 5.75 Å². The molecule has 0 radical (unpaired) electrons. The third-order valence-corrected chi connectivity index (χ3v) is 3.18. The van der Waals surface area contributed by atoms with Crippen molar-refractivity contribution in [3.63, 3.8) is 0 Å². The minimum atomic E-state index is -0.775. The summed E-state index contributed by atoms with van der Waals surface area (Å²) in [5.74, 6) is -0.843. The molecule has 0 fully saturated rings. The zero-order valence-corrected chi connectivity index (χ0v) is 12.8. The van der Waals surface area contributed by atoms with E-state index in [1.807, 2.05) is 0 Å². The molecule has 0 spiro atoms. The first-order chi connectivity index (χ1) is 10.5. The van der Waals surface area contributed by atoms with Gasteiger partial charge in [-0.2, -0.15) is 0 Å². The average molecular weight is 310 g/mol. The van der Waals surface area contributed by atoms with Crippen molar-refractivity contribution in [2.75, 3.05) is 33.4 Å². The number of amides is 2. The van der Waals surface area contributed by atoms with Gasteiger partial charge in [-0.25, -0.2) is 0 Å². The van der Waals surface area contributed by atoms with Gasteiger partial charge in [-0.1, -0.05) is 12.1 Å². The zero-order chi connectivity index (χ0) is 16.5. The molecular formula is C15H22N2O5. The van der Waals surface area contributed by atoms with Gasteiger partial charge in [0.2, 0.25) is 0 Å². The summed E-state index contributed by atoms with van der Waals surface area (Å²) in [5.41, 5.74) is 0.831. The van der Waals surface area contributed by atoms with Crippen LogP contribution in [-0.4, -0.2) is 60.3 Å². The van der Waals surface area contributed by atoms with Crippen molar-refractivity contribution in [2.45, 2.75) is 13.0 Å². The first kappa shape index (κ1) is 17.9. The molecule has 1 unspecified atom stereocenters. The van der Waals surface area contributed by atoms with Gasteiger partial charge in [0.15, 0.2) is 0 Å². The lowest BCUT2D eigenvalue weighted by molar-refractivity contribution is -0.146. The van der Waals surface area contributed by atoms with Gasteiger partial charge in [0.05, 0.1) is 26.4 Å². The molecule has 1 aromatic rings. The van der Waals surface area contributed by atoms with Crippen molar-refractivity contribution in [3.05, 3.63) is 29.8 Å². The fourth-order valence-corrected chi connectivity index (χ4v) is 1.93. The fraction of sp³-hybridized carbons (Fsp3) is 0.467. The van der Waals surface area contributed by atoms with Crippen molar-refractivity contribution in [1.29, 1.82) is 0 Å². The van der Waals surface area contributed by atoms with Gasteiger partial charge < -0.3 is 25.2 Å². The maximum absolute atomic E-state index is 12.0. The lowest BCUT2D eigenvalue weighted by Crippen LogP contribution is -2.45. The van der Waals surface area contributed by atoms with Crippen LogP contribution < -0.4 is 10.1 Å². The minimum absolute atomic E-state index is 0.00370. The topological polar surface area (TPSA) is 99.1 Å². The Morgan fingerprint density at radius 1 is 1.18 bits per heavy atom. The molecule has 0 aromatic heterocycles. The predicted octanol–water partition coefficient (Wildman–Crippen LogP) is -0.314. The molecule has 0 aliphatic carbocycles. The van der Waals surface area contributed by atoms with Crippen LogP contribution in [0, 0.1) is 0 Å². The minimum Gasteiger partial charge on any atom is -0.497 e. The molecule has 1 aromatic carbocycles. The van der Waals surface area contributed by atoms with Crippen LogP contribution in [0.2, 0.25) is 0 Å². The van der Waals surface area contributed by atoms with Crippen molar-refractivity contribution >= 4 is 11.8 Å². The maximum atomic E-state index is 12.0. The molecule has 1 atom stereocenters. The summed E-state index contributed by atoms with van der Waals surface area (Å²) in [6.07, 6.45) is 0. The van der Waals surface area contributed by atoms with Crippen LogP contribution in [-0.2, 0) is 9.59 Å². The molecule has 7 heteroatoms. The van der Waals surface area contributed by atoms with E-state index in [1.54, 1.807) is 38.3 Å². The number of methoxy groups -OCH3 is 1. The standard InChI is InChI=1S/C15H22N2O5/c1-11(12-3-5-13(22-2)6-4-12)16-14(20)15(21)17(7-9-18)8-10-19/h3-6,11,18-19H,7-10H2,1-2H3,(H,16,20). The number of carbonyl (C=O) groups is 2. The van der Waals surface area contributed by atoms with E-state index < -0.39 is 11.8 Å². The van der Waals surface area contributed by atoms with E-state index in [0.717, 1.165) is 10.5 Å². The molecule has 1 rings (SSSR count). The van der Waals surface area contributed by atoms with E-state index in [1.165, 1.54) is 0 Å². The SMILES string of the molecule is COc1ccc(C(C)NC(=O)C(=O)N(CCO)CCO)cc1. The van der Waals surface area contributed by atoms with Crippen LogP contribution in [0.3, 0.4) is 0 Å².